The zero-order valence-corrected chi connectivity index (χ0v) is 16.3. The van der Waals surface area contributed by atoms with Crippen LogP contribution in [0.2, 0.25) is 0 Å². The molecule has 0 aliphatic rings. The van der Waals surface area contributed by atoms with Crippen LogP contribution in [0.25, 0.3) is 0 Å². The number of aryl methyl sites for hydroxylation is 1. The summed E-state index contributed by atoms with van der Waals surface area (Å²) < 4.78 is 10.5. The predicted octanol–water partition coefficient (Wildman–Crippen LogP) is 3.37. The van der Waals surface area contributed by atoms with Crippen molar-refractivity contribution in [2.75, 3.05) is 26.8 Å². The molecule has 0 aliphatic carbocycles. The summed E-state index contributed by atoms with van der Waals surface area (Å²) in [5, 5.41) is 0. The Morgan fingerprint density at radius 3 is 2.44 bits per heavy atom. The second-order valence-corrected chi connectivity index (χ2v) is 6.93. The van der Waals surface area contributed by atoms with Crippen molar-refractivity contribution in [1.82, 2.24) is 4.90 Å². The molecule has 1 rings (SSSR count). The summed E-state index contributed by atoms with van der Waals surface area (Å²) in [7, 11) is 1.36. The number of esters is 1. The van der Waals surface area contributed by atoms with Crippen molar-refractivity contribution in [3.8, 4) is 5.75 Å². The molecule has 5 nitrogen and oxygen atoms in total. The maximum absolute atomic E-state index is 12.6. The topological polar surface area (TPSA) is 55.8 Å². The maximum Gasteiger partial charge on any atom is 0.310 e. The van der Waals surface area contributed by atoms with Crippen LogP contribution < -0.4 is 4.74 Å². The highest BCUT2D eigenvalue weighted by atomic mass is 16.5. The van der Waals surface area contributed by atoms with Crippen molar-refractivity contribution in [2.45, 2.75) is 41.0 Å². The van der Waals surface area contributed by atoms with Gasteiger partial charge in [-0.05, 0) is 43.4 Å². The van der Waals surface area contributed by atoms with Gasteiger partial charge in [0.1, 0.15) is 5.75 Å². The molecule has 0 aromatic heterocycles. The van der Waals surface area contributed by atoms with E-state index in [0.29, 0.717) is 19.0 Å². The first kappa shape index (κ1) is 21.0. The highest BCUT2D eigenvalue weighted by Gasteiger charge is 2.22. The third-order valence-electron chi connectivity index (χ3n) is 4.33. The van der Waals surface area contributed by atoms with Crippen molar-refractivity contribution >= 4 is 11.9 Å². The van der Waals surface area contributed by atoms with Crippen LogP contribution in [-0.2, 0) is 14.3 Å². The van der Waals surface area contributed by atoms with Gasteiger partial charge in [0.15, 0.2) is 6.61 Å². The zero-order chi connectivity index (χ0) is 19.0. The van der Waals surface area contributed by atoms with Crippen LogP contribution in [0.1, 0.15) is 38.3 Å². The molecule has 1 aromatic rings. The average Bonchev–Trinajstić information content (AvgIpc) is 2.58. The van der Waals surface area contributed by atoms with Gasteiger partial charge in [-0.25, -0.2) is 0 Å². The van der Waals surface area contributed by atoms with Crippen LogP contribution in [0, 0.1) is 25.7 Å². The van der Waals surface area contributed by atoms with Crippen LogP contribution in [0.3, 0.4) is 0 Å². The largest absolute Gasteiger partial charge is 0.483 e. The summed E-state index contributed by atoms with van der Waals surface area (Å²) in [6.07, 6.45) is 0.878. The summed E-state index contributed by atoms with van der Waals surface area (Å²) in [5.41, 5.74) is 2.16. The Labute approximate surface area is 151 Å². The van der Waals surface area contributed by atoms with E-state index in [9.17, 15) is 9.59 Å². The molecule has 0 spiro atoms. The molecule has 0 saturated carbocycles. The van der Waals surface area contributed by atoms with Gasteiger partial charge in [0.05, 0.1) is 13.0 Å². The number of ether oxygens (including phenoxy) is 2. The van der Waals surface area contributed by atoms with Gasteiger partial charge in [-0.3, -0.25) is 9.59 Å². The number of nitrogens with zero attached hydrogens (tertiary/aromatic N) is 1. The van der Waals surface area contributed by atoms with Crippen LogP contribution in [0.15, 0.2) is 18.2 Å². The third-order valence-corrected chi connectivity index (χ3v) is 4.33. The fraction of sp³-hybridized carbons (Fsp3) is 0.600. The molecule has 25 heavy (non-hydrogen) atoms. The first-order valence-corrected chi connectivity index (χ1v) is 8.80. The number of benzene rings is 1. The Bertz CT molecular complexity index is 583. The van der Waals surface area contributed by atoms with Gasteiger partial charge in [0.2, 0.25) is 0 Å². The molecule has 140 valence electrons. The second kappa shape index (κ2) is 10.1. The molecule has 0 heterocycles. The first-order chi connectivity index (χ1) is 11.8. The molecule has 0 saturated heterocycles. The lowest BCUT2D eigenvalue weighted by Gasteiger charge is -2.26. The second-order valence-electron chi connectivity index (χ2n) is 6.93. The molecule has 1 aromatic carbocycles. The van der Waals surface area contributed by atoms with Gasteiger partial charge in [-0.15, -0.1) is 0 Å². The van der Waals surface area contributed by atoms with E-state index in [0.717, 1.165) is 23.3 Å². The van der Waals surface area contributed by atoms with E-state index < -0.39 is 0 Å². The highest BCUT2D eigenvalue weighted by Crippen LogP contribution is 2.20. The number of methoxy groups -OCH3 is 1. The van der Waals surface area contributed by atoms with Crippen LogP contribution in [0.5, 0.6) is 5.75 Å². The monoisotopic (exact) mass is 349 g/mol. The van der Waals surface area contributed by atoms with E-state index in [1.54, 1.807) is 11.8 Å². The Kier molecular flexibility index (Phi) is 8.46. The number of hydrogen-bond donors (Lipinski definition) is 0. The first-order valence-electron chi connectivity index (χ1n) is 8.80. The van der Waals surface area contributed by atoms with Crippen molar-refractivity contribution in [3.05, 3.63) is 29.3 Å². The summed E-state index contributed by atoms with van der Waals surface area (Å²) in [6.45, 7) is 10.9. The molecule has 5 heteroatoms. The van der Waals surface area contributed by atoms with E-state index in [4.69, 9.17) is 9.47 Å². The molecular weight excluding hydrogens is 318 g/mol. The number of hydrogen-bond acceptors (Lipinski definition) is 4. The van der Waals surface area contributed by atoms with E-state index in [2.05, 4.69) is 13.8 Å². The minimum atomic E-state index is -0.359. The number of rotatable bonds is 9. The molecule has 0 bridgehead atoms. The summed E-state index contributed by atoms with van der Waals surface area (Å²) in [5.74, 6) is 0.416. The lowest BCUT2D eigenvalue weighted by atomic mass is 10.1. The zero-order valence-electron chi connectivity index (χ0n) is 16.3. The molecule has 1 atom stereocenters. The van der Waals surface area contributed by atoms with Crippen molar-refractivity contribution in [3.63, 3.8) is 0 Å². The Hall–Kier alpha value is -2.04. The molecule has 0 N–H and O–H groups in total. The van der Waals surface area contributed by atoms with Crippen LogP contribution in [0.4, 0.5) is 0 Å². The van der Waals surface area contributed by atoms with Gasteiger partial charge in [0, 0.05) is 13.1 Å². The number of carbonyl (C=O) groups is 2. The fourth-order valence-corrected chi connectivity index (χ4v) is 2.45. The van der Waals surface area contributed by atoms with Crippen molar-refractivity contribution < 1.29 is 19.1 Å². The predicted molar refractivity (Wildman–Crippen MR) is 98.6 cm³/mol. The normalized spacial score (nSPS) is 12.0. The third kappa shape index (κ3) is 6.77. The minimum absolute atomic E-state index is 0.0315. The minimum Gasteiger partial charge on any atom is -0.483 e. The van der Waals surface area contributed by atoms with E-state index >= 15 is 0 Å². The summed E-state index contributed by atoms with van der Waals surface area (Å²) in [4.78, 5) is 26.0. The van der Waals surface area contributed by atoms with Crippen molar-refractivity contribution in [1.29, 1.82) is 0 Å². The van der Waals surface area contributed by atoms with E-state index in [1.807, 2.05) is 32.0 Å². The summed E-state index contributed by atoms with van der Waals surface area (Å²) in [6, 6.07) is 5.79. The fourth-order valence-electron chi connectivity index (χ4n) is 2.45. The Morgan fingerprint density at radius 1 is 1.16 bits per heavy atom. The lowest BCUT2D eigenvalue weighted by Crippen LogP contribution is -2.40. The Balaban J connectivity index is 2.73. The van der Waals surface area contributed by atoms with E-state index in [-0.39, 0.29) is 24.4 Å². The van der Waals surface area contributed by atoms with Gasteiger partial charge >= 0.3 is 5.97 Å². The number of carbonyl (C=O) groups excluding carboxylic acids is 2. The standard InChI is InChI=1S/C20H31NO4/c1-14(2)10-11-21(12-16(4)20(23)24-6)19(22)13-25-18-9-7-8-15(3)17(18)5/h7-9,14,16H,10-13H2,1-6H3. The van der Waals surface area contributed by atoms with Gasteiger partial charge in [-0.1, -0.05) is 32.9 Å². The quantitative estimate of drug-likeness (QED) is 0.642. The highest BCUT2D eigenvalue weighted by molar-refractivity contribution is 5.79. The maximum atomic E-state index is 12.6. The smallest absolute Gasteiger partial charge is 0.310 e. The molecule has 0 fully saturated rings. The van der Waals surface area contributed by atoms with Gasteiger partial charge < -0.3 is 14.4 Å². The van der Waals surface area contributed by atoms with E-state index in [1.165, 1.54) is 7.11 Å². The number of amides is 1. The average molecular weight is 349 g/mol. The summed E-state index contributed by atoms with van der Waals surface area (Å²) >= 11 is 0. The van der Waals surface area contributed by atoms with Crippen molar-refractivity contribution in [2.24, 2.45) is 11.8 Å². The Morgan fingerprint density at radius 2 is 1.84 bits per heavy atom. The molecule has 0 aliphatic heterocycles. The molecular formula is C20H31NO4. The van der Waals surface area contributed by atoms with Crippen LogP contribution in [-0.4, -0.2) is 43.6 Å². The van der Waals surface area contributed by atoms with Gasteiger partial charge in [0.25, 0.3) is 5.91 Å². The SMILES string of the molecule is COC(=O)C(C)CN(CCC(C)C)C(=O)COc1cccc(C)c1C. The lowest BCUT2D eigenvalue weighted by molar-refractivity contribution is -0.146. The molecule has 1 unspecified atom stereocenters. The van der Waals surface area contributed by atoms with Crippen LogP contribution >= 0.6 is 0 Å². The molecule has 0 radical (unpaired) electrons. The molecule has 1 amide bonds. The van der Waals surface area contributed by atoms with Gasteiger partial charge in [-0.2, -0.15) is 0 Å².